The molecule has 4 rings (SSSR count). The van der Waals surface area contributed by atoms with Gasteiger partial charge >= 0.3 is 0 Å². The molecule has 0 radical (unpaired) electrons. The quantitative estimate of drug-likeness (QED) is 0.557. The van der Waals surface area contributed by atoms with Gasteiger partial charge in [0.25, 0.3) is 0 Å². The van der Waals surface area contributed by atoms with E-state index in [0.29, 0.717) is 6.54 Å². The average Bonchev–Trinajstić information content (AvgIpc) is 2.96. The van der Waals surface area contributed by atoms with Crippen LogP contribution >= 0.6 is 0 Å². The zero-order valence-corrected chi connectivity index (χ0v) is 17.4. The monoisotopic (exact) mass is 386 g/mol. The van der Waals surface area contributed by atoms with Gasteiger partial charge in [-0.25, -0.2) is 4.68 Å². The van der Waals surface area contributed by atoms with Gasteiger partial charge < -0.3 is 4.98 Å². The Labute approximate surface area is 170 Å². The summed E-state index contributed by atoms with van der Waals surface area (Å²) in [6.45, 7) is 7.75. The highest BCUT2D eigenvalue weighted by molar-refractivity contribution is 5.81. The molecule has 0 bridgehead atoms. The lowest BCUT2D eigenvalue weighted by molar-refractivity contribution is 0.318. The lowest BCUT2D eigenvalue weighted by atomic mass is 10.1. The number of para-hydroxylation sites is 2. The molecule has 0 amide bonds. The molecule has 2 aromatic carbocycles. The first-order valence-corrected chi connectivity index (χ1v) is 9.84. The van der Waals surface area contributed by atoms with Crippen molar-refractivity contribution in [1.82, 2.24) is 19.7 Å². The van der Waals surface area contributed by atoms with E-state index in [1.165, 1.54) is 11.1 Å². The zero-order chi connectivity index (χ0) is 20.5. The minimum Gasteiger partial charge on any atom is -0.322 e. The van der Waals surface area contributed by atoms with Crippen molar-refractivity contribution in [3.8, 4) is 5.69 Å². The number of hydrogen-bond donors (Lipinski definition) is 1. The lowest BCUT2D eigenvalue weighted by Crippen LogP contribution is -2.20. The highest BCUT2D eigenvalue weighted by Gasteiger charge is 2.16. The number of fused-ring (bicyclic) bond motifs is 1. The van der Waals surface area contributed by atoms with E-state index < -0.39 is 0 Å². The minimum atomic E-state index is -0.0631. The van der Waals surface area contributed by atoms with Crippen molar-refractivity contribution >= 4 is 10.9 Å². The van der Waals surface area contributed by atoms with E-state index in [1.807, 2.05) is 35.0 Å². The smallest absolute Gasteiger partial charge is 0.248 e. The minimum absolute atomic E-state index is 0.0631. The topological polar surface area (TPSA) is 53.9 Å². The van der Waals surface area contributed by atoms with Gasteiger partial charge in [-0.05, 0) is 51.1 Å². The van der Waals surface area contributed by atoms with E-state index in [-0.39, 0.29) is 5.56 Å². The Kier molecular flexibility index (Phi) is 5.07. The molecule has 0 saturated carbocycles. The van der Waals surface area contributed by atoms with E-state index in [0.717, 1.165) is 40.1 Å². The summed E-state index contributed by atoms with van der Waals surface area (Å²) in [6, 6.07) is 18.0. The van der Waals surface area contributed by atoms with Crippen LogP contribution in [0, 0.1) is 20.8 Å². The van der Waals surface area contributed by atoms with Crippen LogP contribution in [0.2, 0.25) is 0 Å². The average molecular weight is 386 g/mol. The molecule has 0 aliphatic heterocycles. The normalized spacial score (nSPS) is 11.5. The molecular weight excluding hydrogens is 360 g/mol. The summed E-state index contributed by atoms with van der Waals surface area (Å²) in [4.78, 5) is 17.2. The number of rotatable bonds is 5. The lowest BCUT2D eigenvalue weighted by Gasteiger charge is -2.18. The largest absolute Gasteiger partial charge is 0.322 e. The number of aromatic nitrogens is 3. The molecule has 2 heterocycles. The van der Waals surface area contributed by atoms with Crippen LogP contribution in [0.1, 0.15) is 28.1 Å². The maximum Gasteiger partial charge on any atom is 0.248 e. The highest BCUT2D eigenvalue weighted by Crippen LogP contribution is 2.23. The summed E-state index contributed by atoms with van der Waals surface area (Å²) in [6.07, 6.45) is 0. The molecule has 0 aliphatic carbocycles. The molecule has 2 aromatic heterocycles. The molecule has 0 saturated heterocycles. The summed E-state index contributed by atoms with van der Waals surface area (Å²) in [5.41, 5.74) is 7.58. The molecule has 148 valence electrons. The molecule has 0 atom stereocenters. The molecule has 0 fully saturated rings. The number of H-pyrrole nitrogens is 1. The third kappa shape index (κ3) is 3.74. The predicted octanol–water partition coefficient (Wildman–Crippen LogP) is 4.27. The van der Waals surface area contributed by atoms with E-state index in [1.54, 1.807) is 6.07 Å². The van der Waals surface area contributed by atoms with Crippen LogP contribution in [0.3, 0.4) is 0 Å². The number of nitrogens with one attached hydrogen (secondary N) is 1. The molecular formula is C24H26N4O. The second-order valence-electron chi connectivity index (χ2n) is 7.72. The van der Waals surface area contributed by atoms with Crippen molar-refractivity contribution in [2.24, 2.45) is 0 Å². The molecule has 4 aromatic rings. The maximum absolute atomic E-state index is 12.1. The Morgan fingerprint density at radius 2 is 1.72 bits per heavy atom. The van der Waals surface area contributed by atoms with Gasteiger partial charge in [0.2, 0.25) is 5.56 Å². The summed E-state index contributed by atoms with van der Waals surface area (Å²) >= 11 is 0. The van der Waals surface area contributed by atoms with Crippen LogP contribution in [-0.4, -0.2) is 26.7 Å². The van der Waals surface area contributed by atoms with Crippen LogP contribution < -0.4 is 5.56 Å². The van der Waals surface area contributed by atoms with E-state index in [9.17, 15) is 4.79 Å². The zero-order valence-electron chi connectivity index (χ0n) is 17.4. The summed E-state index contributed by atoms with van der Waals surface area (Å²) < 4.78 is 2.04. The fraction of sp³-hybridized carbons (Fsp3) is 0.250. The van der Waals surface area contributed by atoms with Gasteiger partial charge in [-0.1, -0.05) is 36.4 Å². The van der Waals surface area contributed by atoms with Crippen molar-refractivity contribution in [1.29, 1.82) is 0 Å². The van der Waals surface area contributed by atoms with Gasteiger partial charge in [0.1, 0.15) is 0 Å². The van der Waals surface area contributed by atoms with Crippen molar-refractivity contribution in [3.63, 3.8) is 0 Å². The van der Waals surface area contributed by atoms with E-state index in [4.69, 9.17) is 5.10 Å². The van der Waals surface area contributed by atoms with Crippen LogP contribution in [0.25, 0.3) is 16.6 Å². The first-order chi connectivity index (χ1) is 13.9. The van der Waals surface area contributed by atoms with Crippen molar-refractivity contribution in [2.45, 2.75) is 33.9 Å². The molecule has 29 heavy (non-hydrogen) atoms. The molecule has 0 unspecified atom stereocenters. The van der Waals surface area contributed by atoms with Crippen molar-refractivity contribution in [2.75, 3.05) is 7.05 Å². The standard InChI is InChI=1S/C24H26N4O/c1-16-9-5-8-12-23(16)28-18(3)21(17(2)26-28)15-27(4)14-19-13-24(29)25-22-11-7-6-10-20(19)22/h5-13H,14-15H2,1-4H3,(H,25,29). The number of pyridine rings is 1. The highest BCUT2D eigenvalue weighted by atomic mass is 16.1. The van der Waals surface area contributed by atoms with Crippen LogP contribution in [-0.2, 0) is 13.1 Å². The molecule has 0 spiro atoms. The first-order valence-electron chi connectivity index (χ1n) is 9.84. The molecule has 5 heteroatoms. The molecule has 0 aliphatic rings. The second kappa shape index (κ2) is 7.68. The summed E-state index contributed by atoms with van der Waals surface area (Å²) in [5, 5.41) is 5.89. The molecule has 5 nitrogen and oxygen atoms in total. The van der Waals surface area contributed by atoms with Gasteiger partial charge in [0.15, 0.2) is 0 Å². The first kappa shape index (κ1) is 19.2. The number of nitrogens with zero attached hydrogens (tertiary/aromatic N) is 3. The van der Waals surface area contributed by atoms with Crippen LogP contribution in [0.15, 0.2) is 59.4 Å². The number of hydrogen-bond acceptors (Lipinski definition) is 3. The van der Waals surface area contributed by atoms with Gasteiger partial charge in [-0.2, -0.15) is 5.10 Å². The Balaban J connectivity index is 1.63. The second-order valence-corrected chi connectivity index (χ2v) is 7.72. The fourth-order valence-electron chi connectivity index (χ4n) is 3.96. The van der Waals surface area contributed by atoms with Crippen molar-refractivity contribution < 1.29 is 0 Å². The Morgan fingerprint density at radius 1 is 1.00 bits per heavy atom. The number of benzene rings is 2. The Morgan fingerprint density at radius 3 is 2.52 bits per heavy atom. The van der Waals surface area contributed by atoms with E-state index in [2.05, 4.69) is 55.9 Å². The van der Waals surface area contributed by atoms with Crippen LogP contribution in [0.5, 0.6) is 0 Å². The van der Waals surface area contributed by atoms with Crippen LogP contribution in [0.4, 0.5) is 0 Å². The fourth-order valence-corrected chi connectivity index (χ4v) is 3.96. The van der Waals surface area contributed by atoms with Gasteiger partial charge in [-0.3, -0.25) is 9.69 Å². The molecule has 1 N–H and O–H groups in total. The van der Waals surface area contributed by atoms with E-state index >= 15 is 0 Å². The van der Waals surface area contributed by atoms with Crippen molar-refractivity contribution in [3.05, 3.63) is 93.0 Å². The Bertz CT molecular complexity index is 1240. The number of aryl methyl sites for hydroxylation is 2. The Hall–Kier alpha value is -3.18. The number of aromatic amines is 1. The summed E-state index contributed by atoms with van der Waals surface area (Å²) in [7, 11) is 2.08. The maximum atomic E-state index is 12.1. The third-order valence-corrected chi connectivity index (χ3v) is 5.49. The SMILES string of the molecule is Cc1ccccc1-n1nc(C)c(CN(C)Cc2cc(=O)[nH]c3ccccc23)c1C. The van der Waals surface area contributed by atoms with Gasteiger partial charge in [-0.15, -0.1) is 0 Å². The van der Waals surface area contributed by atoms with Gasteiger partial charge in [0, 0.05) is 41.3 Å². The predicted molar refractivity (Wildman–Crippen MR) is 118 cm³/mol. The van der Waals surface area contributed by atoms with Gasteiger partial charge in [0.05, 0.1) is 11.4 Å². The third-order valence-electron chi connectivity index (χ3n) is 5.49. The summed E-state index contributed by atoms with van der Waals surface area (Å²) in [5.74, 6) is 0.